The van der Waals surface area contributed by atoms with Gasteiger partial charge in [0.25, 0.3) is 0 Å². The topological polar surface area (TPSA) is 30.9 Å². The second kappa shape index (κ2) is 10.3. The van der Waals surface area contributed by atoms with Gasteiger partial charge in [-0.05, 0) is 30.9 Å². The summed E-state index contributed by atoms with van der Waals surface area (Å²) in [6.07, 6.45) is 2.37. The predicted molar refractivity (Wildman–Crippen MR) is 104 cm³/mol. The summed E-state index contributed by atoms with van der Waals surface area (Å²) in [5.74, 6) is 1.09. The normalized spacial score (nSPS) is 15.8. The van der Waals surface area contributed by atoms with Crippen molar-refractivity contribution in [2.45, 2.75) is 26.7 Å². The smallest absolute Gasteiger partial charge is 0.194 e. The van der Waals surface area contributed by atoms with Crippen LogP contribution in [0.15, 0.2) is 22.5 Å². The number of nitrogens with one attached hydrogen (secondary N) is 1. The molecule has 0 amide bonds. The molecule has 1 saturated heterocycles. The standard InChI is InChI=1S/C15H26N4S.HI/c1-3-5-8-17-15(16-4-2)19-11-9-18(10-12-19)14-7-6-13-20-14;/h6-7,13H,3-5,8-12H2,1-2H3,(H,16,17);1H. The number of hydrogen-bond acceptors (Lipinski definition) is 3. The molecule has 1 aromatic heterocycles. The Morgan fingerprint density at radius 1 is 1.29 bits per heavy atom. The van der Waals surface area contributed by atoms with Crippen molar-refractivity contribution in [2.24, 2.45) is 4.99 Å². The summed E-state index contributed by atoms with van der Waals surface area (Å²) >= 11 is 1.83. The fraction of sp³-hybridized carbons (Fsp3) is 0.667. The van der Waals surface area contributed by atoms with Crippen LogP contribution in [-0.2, 0) is 0 Å². The monoisotopic (exact) mass is 422 g/mol. The molecule has 2 rings (SSSR count). The first-order chi connectivity index (χ1) is 9.85. The molecule has 0 radical (unpaired) electrons. The largest absolute Gasteiger partial charge is 0.360 e. The van der Waals surface area contributed by atoms with E-state index in [9.17, 15) is 0 Å². The van der Waals surface area contributed by atoms with Gasteiger partial charge in [0.05, 0.1) is 5.00 Å². The van der Waals surface area contributed by atoms with Crippen LogP contribution >= 0.6 is 35.3 Å². The molecule has 21 heavy (non-hydrogen) atoms. The van der Waals surface area contributed by atoms with Crippen molar-refractivity contribution in [3.63, 3.8) is 0 Å². The summed E-state index contributed by atoms with van der Waals surface area (Å²) in [4.78, 5) is 9.59. The van der Waals surface area contributed by atoms with E-state index in [0.29, 0.717) is 0 Å². The Morgan fingerprint density at radius 2 is 2.05 bits per heavy atom. The number of halogens is 1. The van der Waals surface area contributed by atoms with E-state index in [2.05, 4.69) is 46.5 Å². The van der Waals surface area contributed by atoms with Gasteiger partial charge in [-0.2, -0.15) is 0 Å². The second-order valence-corrected chi connectivity index (χ2v) is 5.94. The van der Waals surface area contributed by atoms with Crippen molar-refractivity contribution in [1.82, 2.24) is 10.2 Å². The number of hydrogen-bond donors (Lipinski definition) is 1. The minimum absolute atomic E-state index is 0. The fourth-order valence-electron chi connectivity index (χ4n) is 2.36. The highest BCUT2D eigenvalue weighted by atomic mass is 127. The average Bonchev–Trinajstić information content (AvgIpc) is 3.01. The lowest BCUT2D eigenvalue weighted by Crippen LogP contribution is -2.52. The average molecular weight is 422 g/mol. The summed E-state index contributed by atoms with van der Waals surface area (Å²) in [6.45, 7) is 10.5. The third kappa shape index (κ3) is 5.65. The van der Waals surface area contributed by atoms with E-state index in [1.807, 2.05) is 11.3 Å². The van der Waals surface area contributed by atoms with Gasteiger partial charge in [-0.25, -0.2) is 0 Å². The molecule has 0 aliphatic carbocycles. The molecule has 1 aliphatic rings. The van der Waals surface area contributed by atoms with Gasteiger partial charge in [0.1, 0.15) is 0 Å². The molecule has 1 fully saturated rings. The van der Waals surface area contributed by atoms with E-state index in [0.717, 1.165) is 45.2 Å². The van der Waals surface area contributed by atoms with Gasteiger partial charge in [-0.3, -0.25) is 4.99 Å². The first-order valence-corrected chi connectivity index (χ1v) is 8.54. The zero-order valence-corrected chi connectivity index (χ0v) is 16.2. The van der Waals surface area contributed by atoms with Crippen LogP contribution in [0.1, 0.15) is 26.7 Å². The van der Waals surface area contributed by atoms with E-state index < -0.39 is 0 Å². The molecular formula is C15H27IN4S. The third-order valence-corrected chi connectivity index (χ3v) is 4.43. The highest BCUT2D eigenvalue weighted by Gasteiger charge is 2.19. The number of piperazine rings is 1. The first-order valence-electron chi connectivity index (χ1n) is 7.66. The summed E-state index contributed by atoms with van der Waals surface area (Å²) in [5, 5.41) is 6.96. The van der Waals surface area contributed by atoms with Crippen LogP contribution in [-0.4, -0.2) is 50.1 Å². The number of guanidine groups is 1. The Balaban J connectivity index is 0.00000220. The van der Waals surface area contributed by atoms with E-state index in [-0.39, 0.29) is 24.0 Å². The highest BCUT2D eigenvalue weighted by Crippen LogP contribution is 2.22. The maximum atomic E-state index is 4.73. The molecule has 1 N–H and O–H groups in total. The fourth-order valence-corrected chi connectivity index (χ4v) is 3.14. The molecule has 0 unspecified atom stereocenters. The van der Waals surface area contributed by atoms with Crippen LogP contribution in [0, 0.1) is 0 Å². The molecule has 4 nitrogen and oxygen atoms in total. The van der Waals surface area contributed by atoms with Gasteiger partial charge in [-0.1, -0.05) is 13.3 Å². The number of rotatable bonds is 5. The first kappa shape index (κ1) is 18.5. The van der Waals surface area contributed by atoms with Crippen LogP contribution in [0.5, 0.6) is 0 Å². The lowest BCUT2D eigenvalue weighted by molar-refractivity contribution is 0.373. The summed E-state index contributed by atoms with van der Waals surface area (Å²) in [5.41, 5.74) is 0. The lowest BCUT2D eigenvalue weighted by atomic mass is 10.3. The van der Waals surface area contributed by atoms with Crippen molar-refractivity contribution >= 4 is 46.3 Å². The van der Waals surface area contributed by atoms with Gasteiger partial charge in [0.2, 0.25) is 0 Å². The van der Waals surface area contributed by atoms with Gasteiger partial charge < -0.3 is 15.1 Å². The van der Waals surface area contributed by atoms with Gasteiger partial charge in [0.15, 0.2) is 5.96 Å². The Labute approximate surface area is 149 Å². The van der Waals surface area contributed by atoms with Crippen LogP contribution in [0.4, 0.5) is 5.00 Å². The minimum atomic E-state index is 0. The SMILES string of the molecule is CCCCN=C(NCC)N1CCN(c2cccs2)CC1.I. The van der Waals surface area contributed by atoms with Crippen molar-refractivity contribution < 1.29 is 0 Å². The molecule has 0 saturated carbocycles. The van der Waals surface area contributed by atoms with Crippen LogP contribution < -0.4 is 10.2 Å². The summed E-state index contributed by atoms with van der Waals surface area (Å²) in [7, 11) is 0. The van der Waals surface area contributed by atoms with Gasteiger partial charge >= 0.3 is 0 Å². The molecule has 1 aliphatic heterocycles. The Bertz CT molecular complexity index is 400. The molecule has 0 spiro atoms. The maximum Gasteiger partial charge on any atom is 0.194 e. The zero-order valence-electron chi connectivity index (χ0n) is 13.0. The Kier molecular flexibility index (Phi) is 9.07. The van der Waals surface area contributed by atoms with Crippen molar-refractivity contribution in [2.75, 3.05) is 44.2 Å². The maximum absolute atomic E-state index is 4.73. The molecule has 0 bridgehead atoms. The Hall–Kier alpha value is -0.500. The second-order valence-electron chi connectivity index (χ2n) is 5.01. The van der Waals surface area contributed by atoms with E-state index in [1.54, 1.807) is 0 Å². The number of aliphatic imine (C=N–C) groups is 1. The lowest BCUT2D eigenvalue weighted by Gasteiger charge is -2.37. The molecule has 120 valence electrons. The predicted octanol–water partition coefficient (Wildman–Crippen LogP) is 3.25. The van der Waals surface area contributed by atoms with E-state index in [4.69, 9.17) is 4.99 Å². The summed E-state index contributed by atoms with van der Waals surface area (Å²) < 4.78 is 0. The molecular weight excluding hydrogens is 395 g/mol. The van der Waals surface area contributed by atoms with Crippen molar-refractivity contribution in [3.8, 4) is 0 Å². The zero-order chi connectivity index (χ0) is 14.2. The highest BCUT2D eigenvalue weighted by molar-refractivity contribution is 14.0. The Morgan fingerprint density at radius 3 is 2.62 bits per heavy atom. The van der Waals surface area contributed by atoms with Gasteiger partial charge in [0, 0.05) is 39.3 Å². The van der Waals surface area contributed by atoms with Crippen LogP contribution in [0.2, 0.25) is 0 Å². The van der Waals surface area contributed by atoms with Crippen molar-refractivity contribution in [1.29, 1.82) is 0 Å². The molecule has 2 heterocycles. The van der Waals surface area contributed by atoms with Crippen LogP contribution in [0.25, 0.3) is 0 Å². The van der Waals surface area contributed by atoms with Crippen molar-refractivity contribution in [3.05, 3.63) is 17.5 Å². The number of thiophene rings is 1. The van der Waals surface area contributed by atoms with E-state index in [1.165, 1.54) is 17.8 Å². The minimum Gasteiger partial charge on any atom is -0.360 e. The third-order valence-electron chi connectivity index (χ3n) is 3.51. The molecule has 0 atom stereocenters. The van der Waals surface area contributed by atoms with E-state index >= 15 is 0 Å². The number of anilines is 1. The quantitative estimate of drug-likeness (QED) is 0.342. The molecule has 6 heteroatoms. The number of nitrogens with zero attached hydrogens (tertiary/aromatic N) is 3. The molecule has 1 aromatic rings. The number of unbranched alkanes of at least 4 members (excludes halogenated alkanes) is 1. The van der Waals surface area contributed by atoms with Crippen LogP contribution in [0.3, 0.4) is 0 Å². The summed E-state index contributed by atoms with van der Waals surface area (Å²) in [6, 6.07) is 4.34. The van der Waals surface area contributed by atoms with Gasteiger partial charge in [-0.15, -0.1) is 35.3 Å². The molecule has 0 aromatic carbocycles.